The minimum Gasteiger partial charge on any atom is -0.399 e. The Morgan fingerprint density at radius 3 is 2.67 bits per heavy atom. The van der Waals surface area contributed by atoms with E-state index in [1.165, 1.54) is 0 Å². The van der Waals surface area contributed by atoms with E-state index in [0.29, 0.717) is 11.7 Å². The molecule has 0 saturated carbocycles. The predicted octanol–water partition coefficient (Wildman–Crippen LogP) is 2.48. The molecule has 0 fully saturated rings. The molecule has 0 heterocycles. The van der Waals surface area contributed by atoms with Crippen LogP contribution in [0.4, 0.5) is 5.69 Å². The van der Waals surface area contributed by atoms with E-state index in [2.05, 4.69) is 13.8 Å². The highest BCUT2D eigenvalue weighted by atomic mass is 32.2. The lowest BCUT2D eigenvalue weighted by Gasteiger charge is -2.09. The van der Waals surface area contributed by atoms with Gasteiger partial charge in [0.15, 0.2) is 0 Å². The van der Waals surface area contributed by atoms with Crippen molar-refractivity contribution in [2.24, 2.45) is 5.92 Å². The first-order valence-corrected chi connectivity index (χ1v) is 6.68. The minimum absolute atomic E-state index is 0.479. The highest BCUT2D eigenvalue weighted by Gasteiger charge is 2.07. The first-order chi connectivity index (χ1) is 7.00. The van der Waals surface area contributed by atoms with Crippen LogP contribution >= 0.6 is 0 Å². The van der Waals surface area contributed by atoms with Crippen LogP contribution in [0.1, 0.15) is 25.0 Å². The van der Waals surface area contributed by atoms with E-state index in [-0.39, 0.29) is 0 Å². The third kappa shape index (κ3) is 3.67. The Labute approximate surface area is 94.3 Å². The average Bonchev–Trinajstić information content (AvgIpc) is 2.11. The smallest absolute Gasteiger partial charge is 0.0489 e. The summed E-state index contributed by atoms with van der Waals surface area (Å²) >= 11 is 0. The molecule has 1 rings (SSSR count). The topological polar surface area (TPSA) is 43.1 Å². The predicted molar refractivity (Wildman–Crippen MR) is 67.1 cm³/mol. The fourth-order valence-electron chi connectivity index (χ4n) is 1.46. The number of anilines is 1. The molecule has 1 aromatic rings. The number of nitrogens with two attached hydrogens (primary N) is 1. The van der Waals surface area contributed by atoms with Crippen LogP contribution in [0.3, 0.4) is 0 Å². The van der Waals surface area contributed by atoms with Crippen LogP contribution in [0.5, 0.6) is 0 Å². The summed E-state index contributed by atoms with van der Waals surface area (Å²) in [6.45, 7) is 6.16. The molecule has 0 radical (unpaired) electrons. The monoisotopic (exact) mass is 225 g/mol. The second-order valence-corrected chi connectivity index (χ2v) is 5.78. The van der Waals surface area contributed by atoms with Crippen molar-refractivity contribution >= 4 is 16.5 Å². The van der Waals surface area contributed by atoms with Crippen molar-refractivity contribution in [3.05, 3.63) is 29.3 Å². The Bertz CT molecular complexity index is 361. The number of nitrogen functional groups attached to an aromatic ring is 1. The SMILES string of the molecule is Cc1c(N)cccc1CS(=O)CC(C)C. The van der Waals surface area contributed by atoms with Crippen molar-refractivity contribution in [2.45, 2.75) is 26.5 Å². The molecule has 0 saturated heterocycles. The van der Waals surface area contributed by atoms with Gasteiger partial charge in [-0.05, 0) is 30.0 Å². The van der Waals surface area contributed by atoms with Gasteiger partial charge in [-0.1, -0.05) is 26.0 Å². The molecule has 15 heavy (non-hydrogen) atoms. The van der Waals surface area contributed by atoms with E-state index in [4.69, 9.17) is 5.73 Å². The standard InChI is InChI=1S/C12H19NOS/c1-9(2)7-15(14)8-11-5-4-6-12(13)10(11)3/h4-6,9H,7-8,13H2,1-3H3. The Morgan fingerprint density at radius 2 is 2.07 bits per heavy atom. The normalized spacial score (nSPS) is 13.1. The van der Waals surface area contributed by atoms with Gasteiger partial charge in [0.1, 0.15) is 0 Å². The Balaban J connectivity index is 2.73. The van der Waals surface area contributed by atoms with Crippen LogP contribution in [0, 0.1) is 12.8 Å². The van der Waals surface area contributed by atoms with E-state index in [1.54, 1.807) is 0 Å². The van der Waals surface area contributed by atoms with Gasteiger partial charge in [0, 0.05) is 28.0 Å². The first kappa shape index (κ1) is 12.2. The second kappa shape index (κ2) is 5.31. The summed E-state index contributed by atoms with van der Waals surface area (Å²) in [4.78, 5) is 0. The molecule has 0 amide bonds. The van der Waals surface area contributed by atoms with E-state index in [9.17, 15) is 4.21 Å². The zero-order valence-corrected chi connectivity index (χ0v) is 10.4. The van der Waals surface area contributed by atoms with Crippen molar-refractivity contribution in [3.63, 3.8) is 0 Å². The van der Waals surface area contributed by atoms with Crippen LogP contribution in [0.2, 0.25) is 0 Å². The third-order valence-electron chi connectivity index (χ3n) is 2.32. The lowest BCUT2D eigenvalue weighted by molar-refractivity contribution is 0.664. The summed E-state index contributed by atoms with van der Waals surface area (Å²) in [5.74, 6) is 1.86. The lowest BCUT2D eigenvalue weighted by atomic mass is 10.1. The van der Waals surface area contributed by atoms with E-state index >= 15 is 0 Å². The zero-order valence-electron chi connectivity index (χ0n) is 9.62. The number of rotatable bonds is 4. The molecule has 1 atom stereocenters. The molecule has 0 aliphatic rings. The highest BCUT2D eigenvalue weighted by Crippen LogP contribution is 2.17. The maximum Gasteiger partial charge on any atom is 0.0489 e. The van der Waals surface area contributed by atoms with Crippen molar-refractivity contribution in [2.75, 3.05) is 11.5 Å². The summed E-state index contributed by atoms with van der Waals surface area (Å²) < 4.78 is 11.8. The van der Waals surface area contributed by atoms with Gasteiger partial charge in [0.2, 0.25) is 0 Å². The van der Waals surface area contributed by atoms with Crippen LogP contribution < -0.4 is 5.73 Å². The van der Waals surface area contributed by atoms with E-state index < -0.39 is 10.8 Å². The summed E-state index contributed by atoms with van der Waals surface area (Å²) in [6.07, 6.45) is 0. The van der Waals surface area contributed by atoms with Crippen molar-refractivity contribution < 1.29 is 4.21 Å². The molecule has 0 bridgehead atoms. The summed E-state index contributed by atoms with van der Waals surface area (Å²) in [7, 11) is -0.775. The van der Waals surface area contributed by atoms with Gasteiger partial charge in [-0.25, -0.2) is 0 Å². The fraction of sp³-hybridized carbons (Fsp3) is 0.500. The molecule has 2 nitrogen and oxygen atoms in total. The molecule has 2 N–H and O–H groups in total. The van der Waals surface area contributed by atoms with E-state index in [0.717, 1.165) is 22.6 Å². The fourth-order valence-corrected chi connectivity index (χ4v) is 2.98. The summed E-state index contributed by atoms with van der Waals surface area (Å²) in [5.41, 5.74) is 8.75. The minimum atomic E-state index is -0.775. The Kier molecular flexibility index (Phi) is 4.33. The zero-order chi connectivity index (χ0) is 11.4. The van der Waals surface area contributed by atoms with Crippen LogP contribution in [0.15, 0.2) is 18.2 Å². The molecule has 1 aromatic carbocycles. The molecular formula is C12H19NOS. The number of benzene rings is 1. The third-order valence-corrected chi connectivity index (χ3v) is 4.00. The van der Waals surface area contributed by atoms with Crippen LogP contribution in [-0.4, -0.2) is 9.96 Å². The maximum absolute atomic E-state index is 11.8. The lowest BCUT2D eigenvalue weighted by Crippen LogP contribution is -2.08. The van der Waals surface area contributed by atoms with Gasteiger partial charge in [-0.15, -0.1) is 0 Å². The number of hydrogen-bond acceptors (Lipinski definition) is 2. The van der Waals surface area contributed by atoms with Gasteiger partial charge < -0.3 is 5.73 Å². The molecule has 0 aromatic heterocycles. The average molecular weight is 225 g/mol. The first-order valence-electron chi connectivity index (χ1n) is 5.19. The Morgan fingerprint density at radius 1 is 1.40 bits per heavy atom. The molecule has 0 spiro atoms. The molecular weight excluding hydrogens is 206 g/mol. The summed E-state index contributed by atoms with van der Waals surface area (Å²) in [5, 5.41) is 0. The molecule has 3 heteroatoms. The molecule has 0 aliphatic heterocycles. The van der Waals surface area contributed by atoms with Crippen molar-refractivity contribution in [1.29, 1.82) is 0 Å². The van der Waals surface area contributed by atoms with Gasteiger partial charge in [0.05, 0.1) is 0 Å². The van der Waals surface area contributed by atoms with Crippen molar-refractivity contribution in [3.8, 4) is 0 Å². The van der Waals surface area contributed by atoms with Crippen LogP contribution in [-0.2, 0) is 16.6 Å². The largest absolute Gasteiger partial charge is 0.399 e. The van der Waals surface area contributed by atoms with Crippen LogP contribution in [0.25, 0.3) is 0 Å². The van der Waals surface area contributed by atoms with Gasteiger partial charge in [-0.2, -0.15) is 0 Å². The molecule has 84 valence electrons. The second-order valence-electron chi connectivity index (χ2n) is 4.28. The van der Waals surface area contributed by atoms with Crippen molar-refractivity contribution in [1.82, 2.24) is 0 Å². The van der Waals surface area contributed by atoms with Gasteiger partial charge in [-0.3, -0.25) is 4.21 Å². The Hall–Kier alpha value is -0.830. The number of hydrogen-bond donors (Lipinski definition) is 1. The molecule has 0 aliphatic carbocycles. The molecule has 1 unspecified atom stereocenters. The maximum atomic E-state index is 11.8. The van der Waals surface area contributed by atoms with Gasteiger partial charge >= 0.3 is 0 Å². The van der Waals surface area contributed by atoms with E-state index in [1.807, 2.05) is 25.1 Å². The highest BCUT2D eigenvalue weighted by molar-refractivity contribution is 7.84. The van der Waals surface area contributed by atoms with Gasteiger partial charge in [0.25, 0.3) is 0 Å². The quantitative estimate of drug-likeness (QED) is 0.800. The summed E-state index contributed by atoms with van der Waals surface area (Å²) in [6, 6.07) is 5.80.